The third-order valence-corrected chi connectivity index (χ3v) is 3.55. The summed E-state index contributed by atoms with van der Waals surface area (Å²) in [6.45, 7) is 1.38. The highest BCUT2D eigenvalue weighted by atomic mass is 35.5. The van der Waals surface area contributed by atoms with Crippen LogP contribution >= 0.6 is 11.6 Å². The van der Waals surface area contributed by atoms with E-state index in [9.17, 15) is 14.9 Å². The first-order valence-corrected chi connectivity index (χ1v) is 7.91. The normalized spacial score (nSPS) is 10.7. The van der Waals surface area contributed by atoms with Crippen molar-refractivity contribution in [3.63, 3.8) is 0 Å². The van der Waals surface area contributed by atoms with Crippen molar-refractivity contribution in [1.29, 1.82) is 5.26 Å². The van der Waals surface area contributed by atoms with E-state index in [0.717, 1.165) is 5.56 Å². The molecule has 2 N–H and O–H groups in total. The Morgan fingerprint density at radius 1 is 1.31 bits per heavy atom. The Labute approximate surface area is 155 Å². The minimum absolute atomic E-state index is 0.0956. The number of hydrogen-bond donors (Lipinski definition) is 2. The number of carboxylic acid groups (broad SMARTS) is 1. The molecule has 0 radical (unpaired) electrons. The van der Waals surface area contributed by atoms with Crippen molar-refractivity contribution in [1.82, 2.24) is 0 Å². The summed E-state index contributed by atoms with van der Waals surface area (Å²) in [5, 5.41) is 20.7. The molecule has 26 heavy (non-hydrogen) atoms. The Bertz CT molecular complexity index is 916. The fraction of sp³-hybridized carbons (Fsp3) is 0.105. The third kappa shape index (κ3) is 5.36. The van der Waals surface area contributed by atoms with Crippen LogP contribution < -0.4 is 10.1 Å². The van der Waals surface area contributed by atoms with Gasteiger partial charge in [-0.05, 0) is 48.4 Å². The molecular weight excluding hydrogens is 356 g/mol. The highest BCUT2D eigenvalue weighted by molar-refractivity contribution is 6.32. The lowest BCUT2D eigenvalue weighted by atomic mass is 10.1. The molecule has 0 unspecified atom stereocenters. The molecule has 0 aromatic heterocycles. The third-order valence-electron chi connectivity index (χ3n) is 3.26. The number of nitriles is 1. The molecular formula is C19H15ClN2O4. The highest BCUT2D eigenvalue weighted by Crippen LogP contribution is 2.26. The lowest BCUT2D eigenvalue weighted by molar-refractivity contribution is -0.139. The molecule has 2 aromatic rings. The van der Waals surface area contributed by atoms with Gasteiger partial charge in [-0.25, -0.2) is 4.79 Å². The second kappa shape index (κ2) is 8.70. The average molecular weight is 371 g/mol. The predicted molar refractivity (Wildman–Crippen MR) is 98.0 cm³/mol. The molecule has 0 aliphatic heterocycles. The first kappa shape index (κ1) is 19.0. The van der Waals surface area contributed by atoms with Gasteiger partial charge in [0.2, 0.25) is 0 Å². The first-order chi connectivity index (χ1) is 12.4. The van der Waals surface area contributed by atoms with Crippen molar-refractivity contribution in [2.75, 3.05) is 11.9 Å². The molecule has 0 fully saturated rings. The van der Waals surface area contributed by atoms with Crippen molar-refractivity contribution < 1.29 is 19.4 Å². The van der Waals surface area contributed by atoms with Gasteiger partial charge in [0.25, 0.3) is 5.91 Å². The summed E-state index contributed by atoms with van der Waals surface area (Å²) in [6.07, 6.45) is 1.39. The molecule has 0 bridgehead atoms. The number of nitrogens with one attached hydrogen (secondary N) is 1. The number of nitrogens with zero attached hydrogens (tertiary/aromatic N) is 1. The lowest BCUT2D eigenvalue weighted by Gasteiger charge is -2.07. The first-order valence-electron chi connectivity index (χ1n) is 7.53. The van der Waals surface area contributed by atoms with E-state index >= 15 is 0 Å². The van der Waals surface area contributed by atoms with Crippen LogP contribution in [0.25, 0.3) is 6.08 Å². The molecule has 0 aliphatic carbocycles. The Balaban J connectivity index is 2.17. The largest absolute Gasteiger partial charge is 0.480 e. The molecule has 0 aliphatic rings. The van der Waals surface area contributed by atoms with Crippen LogP contribution in [0, 0.1) is 18.3 Å². The number of rotatable bonds is 6. The Morgan fingerprint density at radius 3 is 2.69 bits per heavy atom. The number of aliphatic carboxylic acids is 1. The van der Waals surface area contributed by atoms with Gasteiger partial charge in [0, 0.05) is 5.69 Å². The zero-order chi connectivity index (χ0) is 19.1. The quantitative estimate of drug-likeness (QED) is 0.597. The molecule has 132 valence electrons. The van der Waals surface area contributed by atoms with E-state index in [2.05, 4.69) is 5.32 Å². The van der Waals surface area contributed by atoms with Crippen molar-refractivity contribution >= 4 is 35.2 Å². The van der Waals surface area contributed by atoms with Gasteiger partial charge in [-0.15, -0.1) is 0 Å². The highest BCUT2D eigenvalue weighted by Gasteiger charge is 2.11. The van der Waals surface area contributed by atoms with E-state index in [1.807, 2.05) is 19.1 Å². The zero-order valence-corrected chi connectivity index (χ0v) is 14.6. The smallest absolute Gasteiger partial charge is 0.341 e. The Kier molecular flexibility index (Phi) is 6.36. The number of carboxylic acids is 1. The zero-order valence-electron chi connectivity index (χ0n) is 13.8. The van der Waals surface area contributed by atoms with Crippen molar-refractivity contribution in [2.24, 2.45) is 0 Å². The van der Waals surface area contributed by atoms with Gasteiger partial charge >= 0.3 is 5.97 Å². The second-order valence-electron chi connectivity index (χ2n) is 5.37. The minimum atomic E-state index is -1.12. The second-order valence-corrected chi connectivity index (χ2v) is 5.77. The standard InChI is InChI=1S/C19H15ClN2O4/c1-12-3-2-4-15(7-12)22-19(25)14(10-21)8-13-5-6-17(16(20)9-13)26-11-18(23)24/h2-9H,11H2,1H3,(H,22,25)(H,23,24)/b14-8+. The van der Waals surface area contributed by atoms with Gasteiger partial charge in [-0.3, -0.25) is 4.79 Å². The van der Waals surface area contributed by atoms with Crippen LogP contribution in [-0.4, -0.2) is 23.6 Å². The van der Waals surface area contributed by atoms with Crippen LogP contribution in [0.3, 0.4) is 0 Å². The number of carbonyl (C=O) groups is 2. The monoisotopic (exact) mass is 370 g/mol. The molecule has 0 spiro atoms. The van der Waals surface area contributed by atoms with Crippen LogP contribution in [-0.2, 0) is 9.59 Å². The molecule has 1 amide bonds. The van der Waals surface area contributed by atoms with E-state index in [0.29, 0.717) is 11.3 Å². The maximum atomic E-state index is 12.3. The molecule has 0 saturated carbocycles. The number of halogens is 1. The van der Waals surface area contributed by atoms with Gasteiger partial charge in [0.1, 0.15) is 17.4 Å². The molecule has 2 rings (SSSR count). The van der Waals surface area contributed by atoms with Gasteiger partial charge in [-0.1, -0.05) is 29.8 Å². The van der Waals surface area contributed by atoms with Gasteiger partial charge in [-0.2, -0.15) is 5.26 Å². The van der Waals surface area contributed by atoms with E-state index in [-0.39, 0.29) is 16.3 Å². The van der Waals surface area contributed by atoms with Crippen molar-refractivity contribution in [2.45, 2.75) is 6.92 Å². The molecule has 0 atom stereocenters. The number of amides is 1. The van der Waals surface area contributed by atoms with Gasteiger partial charge in [0.05, 0.1) is 5.02 Å². The minimum Gasteiger partial charge on any atom is -0.480 e. The Morgan fingerprint density at radius 2 is 2.08 bits per heavy atom. The van der Waals surface area contributed by atoms with E-state index in [1.54, 1.807) is 24.3 Å². The van der Waals surface area contributed by atoms with E-state index in [4.69, 9.17) is 21.4 Å². The SMILES string of the molecule is Cc1cccc(NC(=O)/C(C#N)=C/c2ccc(OCC(=O)O)c(Cl)c2)c1. The van der Waals surface area contributed by atoms with Crippen molar-refractivity contribution in [3.8, 4) is 11.8 Å². The molecule has 7 heteroatoms. The average Bonchev–Trinajstić information content (AvgIpc) is 2.58. The maximum Gasteiger partial charge on any atom is 0.341 e. The number of benzene rings is 2. The maximum absolute atomic E-state index is 12.3. The summed E-state index contributed by atoms with van der Waals surface area (Å²) in [7, 11) is 0. The number of aryl methyl sites for hydroxylation is 1. The van der Waals surface area contributed by atoms with E-state index < -0.39 is 18.5 Å². The Hall–Kier alpha value is -3.30. The van der Waals surface area contributed by atoms with Crippen LogP contribution in [0.4, 0.5) is 5.69 Å². The van der Waals surface area contributed by atoms with E-state index in [1.165, 1.54) is 18.2 Å². The fourth-order valence-electron chi connectivity index (χ4n) is 2.10. The van der Waals surface area contributed by atoms with Gasteiger partial charge < -0.3 is 15.2 Å². The molecule has 2 aromatic carbocycles. The lowest BCUT2D eigenvalue weighted by Crippen LogP contribution is -2.13. The van der Waals surface area contributed by atoms with Crippen LogP contribution in [0.2, 0.25) is 5.02 Å². The summed E-state index contributed by atoms with van der Waals surface area (Å²) < 4.78 is 5.03. The summed E-state index contributed by atoms with van der Waals surface area (Å²) >= 11 is 6.04. The topological polar surface area (TPSA) is 99.4 Å². The predicted octanol–water partition coefficient (Wildman–Crippen LogP) is 3.66. The van der Waals surface area contributed by atoms with Gasteiger partial charge in [0.15, 0.2) is 6.61 Å². The fourth-order valence-corrected chi connectivity index (χ4v) is 2.34. The number of hydrogen-bond acceptors (Lipinski definition) is 4. The summed E-state index contributed by atoms with van der Waals surface area (Å²) in [5.74, 6) is -1.46. The van der Waals surface area contributed by atoms with Crippen LogP contribution in [0.1, 0.15) is 11.1 Å². The molecule has 0 heterocycles. The number of anilines is 1. The van der Waals surface area contributed by atoms with Crippen LogP contribution in [0.15, 0.2) is 48.0 Å². The van der Waals surface area contributed by atoms with Crippen molar-refractivity contribution in [3.05, 3.63) is 64.2 Å². The van der Waals surface area contributed by atoms with Crippen LogP contribution in [0.5, 0.6) is 5.75 Å². The molecule has 6 nitrogen and oxygen atoms in total. The summed E-state index contributed by atoms with van der Waals surface area (Å²) in [6, 6.07) is 13.6. The number of ether oxygens (including phenoxy) is 1. The summed E-state index contributed by atoms with van der Waals surface area (Å²) in [5.41, 5.74) is 1.98. The summed E-state index contributed by atoms with van der Waals surface area (Å²) in [4.78, 5) is 22.8. The molecule has 0 saturated heterocycles. The number of carbonyl (C=O) groups excluding carboxylic acids is 1.